The standard InChI is InChI=1S/C32H40O16/c1-7-13-38-31-28(43-19(5)36)26(41-17(3)34)25(22(45-31)14-39-16(2)33)48-32-29(44-20(6)37)27(42-18(4)35)24-23(46-32)15-40-30(47-24)21-11-9-8-10-12-21/h7-12,22-32H,1,13-15H2,2-6H3/t22-,23-,24+,25-,26+,27+,28-,29-,30?,31-,32+/m1/s1. The molecular weight excluding hydrogens is 640 g/mol. The third kappa shape index (κ3) is 9.58. The topological polar surface area (TPSA) is 187 Å². The number of carbonyl (C=O) groups excluding carboxylic acids is 5. The van der Waals surface area contributed by atoms with Crippen LogP contribution in [-0.4, -0.2) is 111 Å². The molecule has 11 atom stereocenters. The molecule has 3 heterocycles. The first-order valence-corrected chi connectivity index (χ1v) is 15.2. The van der Waals surface area contributed by atoms with Crippen LogP contribution < -0.4 is 0 Å². The van der Waals surface area contributed by atoms with Crippen LogP contribution >= 0.6 is 0 Å². The second-order valence-corrected chi connectivity index (χ2v) is 11.1. The van der Waals surface area contributed by atoms with Crippen molar-refractivity contribution in [2.45, 2.75) is 102 Å². The van der Waals surface area contributed by atoms with E-state index in [9.17, 15) is 24.0 Å². The van der Waals surface area contributed by atoms with Gasteiger partial charge in [-0.2, -0.15) is 0 Å². The van der Waals surface area contributed by atoms with Crippen LogP contribution in [-0.2, 0) is 76.1 Å². The Morgan fingerprint density at radius 3 is 1.90 bits per heavy atom. The van der Waals surface area contributed by atoms with Gasteiger partial charge in [-0.3, -0.25) is 24.0 Å². The summed E-state index contributed by atoms with van der Waals surface area (Å²) in [6.07, 6.45) is -12.5. The molecule has 3 fully saturated rings. The maximum Gasteiger partial charge on any atom is 0.303 e. The zero-order valence-corrected chi connectivity index (χ0v) is 27.2. The van der Waals surface area contributed by atoms with Gasteiger partial charge in [0.25, 0.3) is 0 Å². The molecule has 0 amide bonds. The summed E-state index contributed by atoms with van der Waals surface area (Å²) in [7, 11) is 0. The Kier molecular flexibility index (Phi) is 13.0. The van der Waals surface area contributed by atoms with Crippen molar-refractivity contribution >= 4 is 29.8 Å². The molecule has 0 radical (unpaired) electrons. The van der Waals surface area contributed by atoms with E-state index in [2.05, 4.69) is 6.58 Å². The van der Waals surface area contributed by atoms with Crippen molar-refractivity contribution in [2.24, 2.45) is 0 Å². The minimum absolute atomic E-state index is 0.0571. The minimum Gasteiger partial charge on any atom is -0.463 e. The smallest absolute Gasteiger partial charge is 0.303 e. The Morgan fingerprint density at radius 2 is 1.31 bits per heavy atom. The Labute approximate surface area is 276 Å². The molecule has 1 aromatic carbocycles. The second kappa shape index (κ2) is 16.9. The monoisotopic (exact) mass is 680 g/mol. The number of ether oxygens (including phenoxy) is 11. The number of fused-ring (bicyclic) bond motifs is 1. The lowest BCUT2D eigenvalue weighted by atomic mass is 9.95. The zero-order chi connectivity index (χ0) is 35.0. The molecule has 0 N–H and O–H groups in total. The van der Waals surface area contributed by atoms with Gasteiger partial charge in [0.1, 0.15) is 31.0 Å². The van der Waals surface area contributed by atoms with Crippen LogP contribution in [0.15, 0.2) is 43.0 Å². The average Bonchev–Trinajstić information content (AvgIpc) is 3.02. The van der Waals surface area contributed by atoms with Crippen LogP contribution in [0.1, 0.15) is 46.5 Å². The predicted octanol–water partition coefficient (Wildman–Crippen LogP) is 1.43. The molecule has 3 aliphatic rings. The van der Waals surface area contributed by atoms with Gasteiger partial charge in [-0.15, -0.1) is 6.58 Å². The summed E-state index contributed by atoms with van der Waals surface area (Å²) in [5.41, 5.74) is 0.682. The summed E-state index contributed by atoms with van der Waals surface area (Å²) in [5, 5.41) is 0. The number of benzene rings is 1. The SMILES string of the molecule is C=CCO[C@@H]1O[C@H](COC(C)=O)[C@@H](O[C@@H]2O[C@@H]3COC(c4ccccc4)O[C@@H]3[C@H](OC(C)=O)[C@H]2OC(C)=O)[C@H](OC(C)=O)[C@H]1OC(C)=O. The maximum atomic E-state index is 12.4. The number of esters is 5. The van der Waals surface area contributed by atoms with Gasteiger partial charge >= 0.3 is 29.8 Å². The van der Waals surface area contributed by atoms with Crippen molar-refractivity contribution < 1.29 is 76.1 Å². The van der Waals surface area contributed by atoms with Gasteiger partial charge in [0.05, 0.1) is 13.2 Å². The first kappa shape index (κ1) is 36.9. The lowest BCUT2D eigenvalue weighted by molar-refractivity contribution is -0.385. The fourth-order valence-corrected chi connectivity index (χ4v) is 5.55. The van der Waals surface area contributed by atoms with Gasteiger partial charge in [0, 0.05) is 40.2 Å². The third-order valence-electron chi connectivity index (χ3n) is 7.28. The molecule has 16 heteroatoms. The summed E-state index contributed by atoms with van der Waals surface area (Å²) in [4.78, 5) is 61.2. The fraction of sp³-hybridized carbons (Fsp3) is 0.594. The summed E-state index contributed by atoms with van der Waals surface area (Å²) in [6.45, 7) is 8.78. The van der Waals surface area contributed by atoms with Crippen LogP contribution in [0.5, 0.6) is 0 Å². The summed E-state index contributed by atoms with van der Waals surface area (Å²) >= 11 is 0. The van der Waals surface area contributed by atoms with Crippen LogP contribution in [0.3, 0.4) is 0 Å². The number of hydrogen-bond acceptors (Lipinski definition) is 16. The molecule has 0 saturated carbocycles. The summed E-state index contributed by atoms with van der Waals surface area (Å²) < 4.78 is 64.1. The Bertz CT molecular complexity index is 1300. The average molecular weight is 681 g/mol. The van der Waals surface area contributed by atoms with Crippen molar-refractivity contribution in [2.75, 3.05) is 19.8 Å². The van der Waals surface area contributed by atoms with E-state index in [1.807, 2.05) is 6.07 Å². The van der Waals surface area contributed by atoms with Crippen LogP contribution in [0.4, 0.5) is 0 Å². The highest BCUT2D eigenvalue weighted by molar-refractivity contribution is 5.68. The predicted molar refractivity (Wildman–Crippen MR) is 157 cm³/mol. The Hall–Kier alpha value is -3.93. The molecule has 0 bridgehead atoms. The van der Waals surface area contributed by atoms with Crippen molar-refractivity contribution in [3.05, 3.63) is 48.6 Å². The minimum atomic E-state index is -1.55. The molecular formula is C32H40O16. The number of hydrogen-bond donors (Lipinski definition) is 0. The largest absolute Gasteiger partial charge is 0.463 e. The highest BCUT2D eigenvalue weighted by Gasteiger charge is 2.58. The molecule has 1 unspecified atom stereocenters. The fourth-order valence-electron chi connectivity index (χ4n) is 5.55. The van der Waals surface area contributed by atoms with Gasteiger partial charge in [0.15, 0.2) is 43.3 Å². The Balaban J connectivity index is 1.73. The van der Waals surface area contributed by atoms with Gasteiger partial charge < -0.3 is 52.1 Å². The number of rotatable bonds is 12. The quantitative estimate of drug-likeness (QED) is 0.175. The Morgan fingerprint density at radius 1 is 0.729 bits per heavy atom. The molecule has 16 nitrogen and oxygen atoms in total. The van der Waals surface area contributed by atoms with Gasteiger partial charge in [-0.05, 0) is 0 Å². The highest BCUT2D eigenvalue weighted by Crippen LogP contribution is 2.39. The van der Waals surface area contributed by atoms with Gasteiger partial charge in [-0.1, -0.05) is 36.4 Å². The molecule has 0 spiro atoms. The normalized spacial score (nSPS) is 32.9. The van der Waals surface area contributed by atoms with E-state index in [1.54, 1.807) is 24.3 Å². The number of carbonyl (C=O) groups is 5. The van der Waals surface area contributed by atoms with E-state index in [-0.39, 0.29) is 13.2 Å². The zero-order valence-electron chi connectivity index (χ0n) is 27.2. The molecule has 3 aliphatic heterocycles. The van der Waals surface area contributed by atoms with Crippen molar-refractivity contribution in [3.63, 3.8) is 0 Å². The van der Waals surface area contributed by atoms with Gasteiger partial charge in [0.2, 0.25) is 0 Å². The van der Waals surface area contributed by atoms with Crippen molar-refractivity contribution in [3.8, 4) is 0 Å². The summed E-state index contributed by atoms with van der Waals surface area (Å²) in [6, 6.07) is 9.01. The van der Waals surface area contributed by atoms with Crippen molar-refractivity contribution in [1.82, 2.24) is 0 Å². The molecule has 4 rings (SSSR count). The third-order valence-corrected chi connectivity index (χ3v) is 7.28. The van der Waals surface area contributed by atoms with Crippen molar-refractivity contribution in [1.29, 1.82) is 0 Å². The van der Waals surface area contributed by atoms with Crippen LogP contribution in [0.2, 0.25) is 0 Å². The molecule has 0 aromatic heterocycles. The van der Waals surface area contributed by atoms with Crippen LogP contribution in [0, 0.1) is 0 Å². The van der Waals surface area contributed by atoms with E-state index in [0.29, 0.717) is 5.56 Å². The van der Waals surface area contributed by atoms with Crippen LogP contribution in [0.25, 0.3) is 0 Å². The van der Waals surface area contributed by atoms with E-state index in [1.165, 1.54) is 19.9 Å². The molecule has 3 saturated heterocycles. The highest BCUT2D eigenvalue weighted by atomic mass is 16.8. The molecule has 264 valence electrons. The van der Waals surface area contributed by atoms with E-state index in [0.717, 1.165) is 20.8 Å². The first-order chi connectivity index (χ1) is 22.9. The lowest BCUT2D eigenvalue weighted by Gasteiger charge is -2.50. The van der Waals surface area contributed by atoms with E-state index >= 15 is 0 Å². The second-order valence-electron chi connectivity index (χ2n) is 11.1. The van der Waals surface area contributed by atoms with E-state index < -0.39 is 104 Å². The summed E-state index contributed by atoms with van der Waals surface area (Å²) in [5.74, 6) is -3.71. The van der Waals surface area contributed by atoms with E-state index in [4.69, 9.17) is 52.1 Å². The molecule has 1 aromatic rings. The first-order valence-electron chi connectivity index (χ1n) is 15.2. The lowest BCUT2D eigenvalue weighted by Crippen LogP contribution is -2.67. The maximum absolute atomic E-state index is 12.4. The van der Waals surface area contributed by atoms with Gasteiger partial charge in [-0.25, -0.2) is 0 Å². The molecule has 48 heavy (non-hydrogen) atoms. The molecule has 0 aliphatic carbocycles.